The molecule has 118 valence electrons. The first-order valence-electron chi connectivity index (χ1n) is 6.49. The minimum absolute atomic E-state index is 0.0300. The Morgan fingerprint density at radius 1 is 1.45 bits per heavy atom. The first-order chi connectivity index (χ1) is 10.4. The number of carbonyl (C=O) groups is 1. The molecule has 2 unspecified atom stereocenters. The number of sulfone groups is 1. The first-order valence-corrected chi connectivity index (χ1v) is 9.72. The van der Waals surface area contributed by atoms with Crippen molar-refractivity contribution >= 4 is 50.0 Å². The fourth-order valence-corrected chi connectivity index (χ4v) is 6.62. The fourth-order valence-electron chi connectivity index (χ4n) is 2.63. The van der Waals surface area contributed by atoms with Crippen LogP contribution >= 0.6 is 23.4 Å². The Bertz CT molecular complexity index is 753. The molecule has 3 rings (SSSR count). The molecule has 2 atom stereocenters. The van der Waals surface area contributed by atoms with E-state index in [-0.39, 0.29) is 28.7 Å². The van der Waals surface area contributed by atoms with E-state index in [2.05, 4.69) is 4.99 Å². The number of nitrogens with zero attached hydrogens (tertiary/aromatic N) is 2. The zero-order valence-corrected chi connectivity index (χ0v) is 13.7. The van der Waals surface area contributed by atoms with E-state index in [4.69, 9.17) is 11.6 Å². The van der Waals surface area contributed by atoms with Gasteiger partial charge in [0.05, 0.1) is 17.5 Å². The molecule has 1 amide bonds. The minimum Gasteiger partial charge on any atom is -0.315 e. The van der Waals surface area contributed by atoms with Crippen molar-refractivity contribution in [3.05, 3.63) is 30.1 Å². The van der Waals surface area contributed by atoms with Crippen LogP contribution in [0.15, 0.2) is 29.3 Å². The molecule has 0 bridgehead atoms. The van der Waals surface area contributed by atoms with Crippen LogP contribution in [0.1, 0.15) is 0 Å². The zero-order chi connectivity index (χ0) is 15.9. The van der Waals surface area contributed by atoms with Gasteiger partial charge in [0.1, 0.15) is 11.7 Å². The number of thioether (sulfide) groups is 1. The molecule has 2 saturated heterocycles. The van der Waals surface area contributed by atoms with Crippen molar-refractivity contribution in [2.24, 2.45) is 4.99 Å². The van der Waals surface area contributed by atoms with E-state index < -0.39 is 21.6 Å². The lowest BCUT2D eigenvalue weighted by Gasteiger charge is -2.24. The highest BCUT2D eigenvalue weighted by atomic mass is 35.5. The summed E-state index contributed by atoms with van der Waals surface area (Å²) in [6.45, 7) is 0. The quantitative estimate of drug-likeness (QED) is 0.749. The Kier molecular flexibility index (Phi) is 4.17. The summed E-state index contributed by atoms with van der Waals surface area (Å²) in [5, 5.41) is 0.163. The summed E-state index contributed by atoms with van der Waals surface area (Å²) in [5.74, 6) is -1.20. The second-order valence-electron chi connectivity index (χ2n) is 5.07. The number of hydrogen-bond donors (Lipinski definition) is 0. The van der Waals surface area contributed by atoms with Crippen LogP contribution in [0.2, 0.25) is 0 Å². The molecule has 0 N–H and O–H groups in total. The number of benzene rings is 1. The highest BCUT2D eigenvalue weighted by Gasteiger charge is 2.49. The van der Waals surface area contributed by atoms with Crippen molar-refractivity contribution in [1.29, 1.82) is 0 Å². The van der Waals surface area contributed by atoms with Crippen LogP contribution in [0, 0.1) is 5.82 Å². The van der Waals surface area contributed by atoms with Gasteiger partial charge in [0.25, 0.3) is 5.91 Å². The number of rotatable bonds is 2. The van der Waals surface area contributed by atoms with E-state index in [1.54, 1.807) is 11.0 Å². The van der Waals surface area contributed by atoms with Gasteiger partial charge in [0, 0.05) is 10.9 Å². The summed E-state index contributed by atoms with van der Waals surface area (Å²) < 4.78 is 37.2. The van der Waals surface area contributed by atoms with E-state index >= 15 is 0 Å². The number of aliphatic imine (C=N–C) groups is 1. The molecule has 2 aliphatic rings. The van der Waals surface area contributed by atoms with Gasteiger partial charge < -0.3 is 4.90 Å². The Hall–Kier alpha value is -1.12. The summed E-state index contributed by atoms with van der Waals surface area (Å²) in [5.41, 5.74) is 0.484. The van der Waals surface area contributed by atoms with Gasteiger partial charge in [0.15, 0.2) is 15.0 Å². The third-order valence-electron chi connectivity index (χ3n) is 3.49. The van der Waals surface area contributed by atoms with E-state index in [1.165, 1.54) is 30.0 Å². The first kappa shape index (κ1) is 15.8. The van der Waals surface area contributed by atoms with E-state index in [0.717, 1.165) is 0 Å². The molecular formula is C13H12ClFN2O3S2. The van der Waals surface area contributed by atoms with E-state index in [0.29, 0.717) is 10.9 Å². The molecule has 2 heterocycles. The maximum atomic E-state index is 13.5. The molecule has 0 saturated carbocycles. The van der Waals surface area contributed by atoms with E-state index in [9.17, 15) is 17.6 Å². The monoisotopic (exact) mass is 362 g/mol. The average Bonchev–Trinajstić information content (AvgIpc) is 2.89. The van der Waals surface area contributed by atoms with Crippen molar-refractivity contribution < 1.29 is 17.6 Å². The second kappa shape index (κ2) is 5.82. The number of halogens is 2. The van der Waals surface area contributed by atoms with Gasteiger partial charge in [-0.1, -0.05) is 17.8 Å². The molecule has 0 aliphatic carbocycles. The molecular weight excluding hydrogens is 351 g/mol. The number of fused-ring (bicyclic) bond motifs is 1. The zero-order valence-electron chi connectivity index (χ0n) is 11.3. The van der Waals surface area contributed by atoms with Crippen molar-refractivity contribution in [1.82, 2.24) is 0 Å². The molecule has 0 aromatic heterocycles. The van der Waals surface area contributed by atoms with Crippen LogP contribution < -0.4 is 4.90 Å². The molecule has 0 spiro atoms. The number of anilines is 1. The van der Waals surface area contributed by atoms with Gasteiger partial charge in [-0.3, -0.25) is 4.79 Å². The Labute approximate surface area is 136 Å². The van der Waals surface area contributed by atoms with Gasteiger partial charge in [-0.2, -0.15) is 4.99 Å². The molecule has 5 nitrogen and oxygen atoms in total. The molecule has 2 aliphatic heterocycles. The van der Waals surface area contributed by atoms with Crippen LogP contribution in [-0.4, -0.2) is 48.2 Å². The third kappa shape index (κ3) is 3.00. The topological polar surface area (TPSA) is 66.8 Å². The Morgan fingerprint density at radius 2 is 2.23 bits per heavy atom. The number of amidine groups is 1. The average molecular weight is 363 g/mol. The molecule has 2 fully saturated rings. The van der Waals surface area contributed by atoms with Gasteiger partial charge in [-0.05, 0) is 18.2 Å². The minimum atomic E-state index is -3.14. The largest absolute Gasteiger partial charge is 0.315 e. The van der Waals surface area contributed by atoms with E-state index in [1.807, 2.05) is 0 Å². The van der Waals surface area contributed by atoms with Gasteiger partial charge in [-0.15, -0.1) is 11.6 Å². The normalized spacial score (nSPS) is 28.1. The fraction of sp³-hybridized carbons (Fsp3) is 0.385. The van der Waals surface area contributed by atoms with Crippen LogP contribution in [0.5, 0.6) is 0 Å². The lowest BCUT2D eigenvalue weighted by Crippen LogP contribution is -2.37. The highest BCUT2D eigenvalue weighted by molar-refractivity contribution is 8.16. The van der Waals surface area contributed by atoms with Crippen molar-refractivity contribution in [3.8, 4) is 0 Å². The number of hydrogen-bond acceptors (Lipinski definition) is 4. The number of amides is 1. The second-order valence-corrected chi connectivity index (χ2v) is 8.70. The standard InChI is InChI=1S/C13H12ClFN2O3S2/c14-5-12(18)16-13-17(9-3-1-2-8(15)4-9)10-6-22(19,20)7-11(10)21-13/h1-4,10-11H,5-7H2. The summed E-state index contributed by atoms with van der Waals surface area (Å²) >= 11 is 6.71. The van der Waals surface area contributed by atoms with Crippen molar-refractivity contribution in [2.75, 3.05) is 22.3 Å². The summed E-state index contributed by atoms with van der Waals surface area (Å²) in [4.78, 5) is 17.1. The third-order valence-corrected chi connectivity index (χ3v) is 6.93. The molecule has 22 heavy (non-hydrogen) atoms. The molecule has 1 aromatic carbocycles. The van der Waals surface area contributed by atoms with Crippen LogP contribution in [0.4, 0.5) is 10.1 Å². The predicted molar refractivity (Wildman–Crippen MR) is 85.9 cm³/mol. The predicted octanol–water partition coefficient (Wildman–Crippen LogP) is 1.67. The van der Waals surface area contributed by atoms with Crippen LogP contribution in [0.3, 0.4) is 0 Å². The SMILES string of the molecule is O=C(CCl)N=C1SC2CS(=O)(=O)CC2N1c1cccc(F)c1. The summed E-state index contributed by atoms with van der Waals surface area (Å²) in [6, 6.07) is 5.45. The van der Waals surface area contributed by atoms with Crippen molar-refractivity contribution in [2.45, 2.75) is 11.3 Å². The number of alkyl halides is 1. The van der Waals surface area contributed by atoms with Gasteiger partial charge in [0.2, 0.25) is 0 Å². The maximum Gasteiger partial charge on any atom is 0.262 e. The van der Waals surface area contributed by atoms with Gasteiger partial charge >= 0.3 is 0 Å². The summed E-state index contributed by atoms with van der Waals surface area (Å²) in [7, 11) is -3.14. The molecule has 1 aromatic rings. The summed E-state index contributed by atoms with van der Waals surface area (Å²) in [6.07, 6.45) is 0. The van der Waals surface area contributed by atoms with Gasteiger partial charge in [-0.25, -0.2) is 12.8 Å². The highest BCUT2D eigenvalue weighted by Crippen LogP contribution is 2.41. The maximum absolute atomic E-state index is 13.5. The van der Waals surface area contributed by atoms with Crippen LogP contribution in [-0.2, 0) is 14.6 Å². The lowest BCUT2D eigenvalue weighted by molar-refractivity contribution is -0.115. The smallest absolute Gasteiger partial charge is 0.262 e. The number of carbonyl (C=O) groups excluding carboxylic acids is 1. The van der Waals surface area contributed by atoms with Crippen LogP contribution in [0.25, 0.3) is 0 Å². The Balaban J connectivity index is 2.03. The Morgan fingerprint density at radius 3 is 2.91 bits per heavy atom. The molecule has 9 heteroatoms. The van der Waals surface area contributed by atoms with Crippen molar-refractivity contribution in [3.63, 3.8) is 0 Å². The molecule has 0 radical (unpaired) electrons. The lowest BCUT2D eigenvalue weighted by atomic mass is 10.2.